The number of hydrogen-bond acceptors (Lipinski definition) is 4. The molecule has 2 rings (SSSR count). The highest BCUT2D eigenvalue weighted by atomic mass is 35.5. The van der Waals surface area contributed by atoms with E-state index in [-0.39, 0.29) is 24.4 Å². The number of sulfonamides is 1. The van der Waals surface area contributed by atoms with Gasteiger partial charge in [0.15, 0.2) is 0 Å². The van der Waals surface area contributed by atoms with E-state index in [1.165, 1.54) is 4.31 Å². The van der Waals surface area contributed by atoms with Crippen molar-refractivity contribution in [3.8, 4) is 0 Å². The fourth-order valence-electron chi connectivity index (χ4n) is 3.15. The summed E-state index contributed by atoms with van der Waals surface area (Å²) in [4.78, 5) is 14.6. The van der Waals surface area contributed by atoms with Crippen molar-refractivity contribution in [2.45, 2.75) is 44.6 Å². The quantitative estimate of drug-likeness (QED) is 0.754. The minimum Gasteiger partial charge on any atom is -0.337 e. The van der Waals surface area contributed by atoms with Gasteiger partial charge >= 0.3 is 0 Å². The molecule has 1 atom stereocenters. The first-order valence-electron chi connectivity index (χ1n) is 8.99. The van der Waals surface area contributed by atoms with E-state index in [0.29, 0.717) is 30.8 Å². The molecule has 0 saturated carbocycles. The van der Waals surface area contributed by atoms with Gasteiger partial charge in [-0.1, -0.05) is 26.0 Å². The van der Waals surface area contributed by atoms with Crippen LogP contribution in [0.4, 0.5) is 0 Å². The Balaban J connectivity index is 0.00000338. The lowest BCUT2D eigenvalue weighted by molar-refractivity contribution is -0.133. The summed E-state index contributed by atoms with van der Waals surface area (Å²) in [6.45, 7) is 9.06. The van der Waals surface area contributed by atoms with Gasteiger partial charge in [0.1, 0.15) is 0 Å². The fourth-order valence-corrected chi connectivity index (χ4v) is 4.61. The lowest BCUT2D eigenvalue weighted by Gasteiger charge is -2.34. The molecule has 1 fully saturated rings. The highest BCUT2D eigenvalue weighted by molar-refractivity contribution is 7.89. The second-order valence-electron chi connectivity index (χ2n) is 6.37. The van der Waals surface area contributed by atoms with Crippen molar-refractivity contribution in [3.63, 3.8) is 0 Å². The van der Waals surface area contributed by atoms with Crippen LogP contribution in [0, 0.1) is 0 Å². The molecular formula is C18H30ClN3O3S. The Morgan fingerprint density at radius 1 is 1.23 bits per heavy atom. The molecule has 8 heteroatoms. The van der Waals surface area contributed by atoms with Crippen molar-refractivity contribution >= 4 is 28.3 Å². The summed E-state index contributed by atoms with van der Waals surface area (Å²) >= 11 is 0. The van der Waals surface area contributed by atoms with Gasteiger partial charge in [-0.3, -0.25) is 4.79 Å². The molecule has 1 aliphatic rings. The highest BCUT2D eigenvalue weighted by Crippen LogP contribution is 2.17. The molecule has 6 nitrogen and oxygen atoms in total. The molecule has 1 aromatic rings. The van der Waals surface area contributed by atoms with Crippen molar-refractivity contribution < 1.29 is 13.2 Å². The number of carbonyl (C=O) groups excluding carboxylic acids is 1. The molecule has 1 saturated heterocycles. The maximum Gasteiger partial charge on any atom is 0.243 e. The third kappa shape index (κ3) is 5.42. The molecule has 0 aromatic heterocycles. The van der Waals surface area contributed by atoms with Crippen LogP contribution < -0.4 is 5.32 Å². The van der Waals surface area contributed by atoms with Crippen molar-refractivity contribution in [2.75, 3.05) is 32.7 Å². The van der Waals surface area contributed by atoms with Crippen molar-refractivity contribution in [2.24, 2.45) is 0 Å². The zero-order valence-corrected chi connectivity index (χ0v) is 17.4. The molecule has 0 radical (unpaired) electrons. The van der Waals surface area contributed by atoms with Gasteiger partial charge in [0.25, 0.3) is 0 Å². The van der Waals surface area contributed by atoms with Crippen molar-refractivity contribution in [3.05, 3.63) is 29.8 Å². The maximum atomic E-state index is 12.5. The number of aryl methyl sites for hydroxylation is 1. The summed E-state index contributed by atoms with van der Waals surface area (Å²) in [5, 5.41) is 3.28. The van der Waals surface area contributed by atoms with E-state index < -0.39 is 10.0 Å². The van der Waals surface area contributed by atoms with E-state index in [9.17, 15) is 13.2 Å². The zero-order chi connectivity index (χ0) is 18.4. The van der Waals surface area contributed by atoms with Gasteiger partial charge in [-0.15, -0.1) is 12.4 Å². The molecule has 1 aromatic carbocycles. The number of nitrogens with one attached hydrogen (secondary N) is 1. The predicted octanol–water partition coefficient (Wildman–Crippen LogP) is 1.89. The summed E-state index contributed by atoms with van der Waals surface area (Å²) in [6, 6.07) is 7.13. The minimum atomic E-state index is -3.42. The molecule has 1 amide bonds. The van der Waals surface area contributed by atoms with Gasteiger partial charge in [0.05, 0.1) is 4.90 Å². The summed E-state index contributed by atoms with van der Waals surface area (Å²) < 4.78 is 26.4. The highest BCUT2D eigenvalue weighted by Gasteiger charge is 2.23. The average molecular weight is 404 g/mol. The Morgan fingerprint density at radius 2 is 1.85 bits per heavy atom. The summed E-state index contributed by atoms with van der Waals surface area (Å²) in [7, 11) is -3.42. The molecule has 0 unspecified atom stereocenters. The molecular weight excluding hydrogens is 374 g/mol. The number of carbonyl (C=O) groups is 1. The average Bonchev–Trinajstić information content (AvgIpc) is 2.61. The number of amides is 1. The number of piperazine rings is 1. The van der Waals surface area contributed by atoms with Gasteiger partial charge in [0.2, 0.25) is 15.9 Å². The van der Waals surface area contributed by atoms with Crippen LogP contribution in [-0.2, 0) is 21.2 Å². The number of halogens is 1. The Bertz CT molecular complexity index is 675. The Labute approximate surface area is 163 Å². The lowest BCUT2D eigenvalue weighted by Crippen LogP contribution is -2.52. The molecule has 0 bridgehead atoms. The Kier molecular flexibility index (Phi) is 9.03. The maximum absolute atomic E-state index is 12.5. The topological polar surface area (TPSA) is 69.7 Å². The summed E-state index contributed by atoms with van der Waals surface area (Å²) in [5.41, 5.74) is 0.981. The van der Waals surface area contributed by atoms with Gasteiger partial charge in [0, 0.05) is 45.2 Å². The monoisotopic (exact) mass is 403 g/mol. The van der Waals surface area contributed by atoms with E-state index in [2.05, 4.69) is 12.2 Å². The van der Waals surface area contributed by atoms with E-state index in [1.54, 1.807) is 12.1 Å². The van der Waals surface area contributed by atoms with Crippen LogP contribution in [0.25, 0.3) is 0 Å². The lowest BCUT2D eigenvalue weighted by atomic mass is 10.1. The molecule has 0 aliphatic carbocycles. The molecule has 0 spiro atoms. The zero-order valence-electron chi connectivity index (χ0n) is 15.8. The van der Waals surface area contributed by atoms with Crippen molar-refractivity contribution in [1.29, 1.82) is 0 Å². The summed E-state index contributed by atoms with van der Waals surface area (Å²) in [6.07, 6.45) is 1.08. The van der Waals surface area contributed by atoms with Gasteiger partial charge in [-0.25, -0.2) is 8.42 Å². The predicted molar refractivity (Wildman–Crippen MR) is 106 cm³/mol. The van der Waals surface area contributed by atoms with E-state index in [1.807, 2.05) is 30.9 Å². The molecule has 1 aliphatic heterocycles. The Morgan fingerprint density at radius 3 is 2.38 bits per heavy atom. The van der Waals surface area contributed by atoms with Crippen LogP contribution in [-0.4, -0.2) is 62.3 Å². The third-order valence-corrected chi connectivity index (χ3v) is 6.78. The second kappa shape index (κ2) is 10.3. The number of nitrogens with zero attached hydrogens (tertiary/aromatic N) is 2. The van der Waals surface area contributed by atoms with Crippen molar-refractivity contribution in [1.82, 2.24) is 14.5 Å². The van der Waals surface area contributed by atoms with Gasteiger partial charge in [-0.2, -0.15) is 4.31 Å². The van der Waals surface area contributed by atoms with Crippen LogP contribution >= 0.6 is 12.4 Å². The normalized spacial score (nSPS) is 17.8. The van der Waals surface area contributed by atoms with Crippen LogP contribution in [0.5, 0.6) is 0 Å². The number of benzene rings is 1. The fraction of sp³-hybridized carbons (Fsp3) is 0.611. The van der Waals surface area contributed by atoms with Crippen LogP contribution in [0.3, 0.4) is 0 Å². The van der Waals surface area contributed by atoms with E-state index in [0.717, 1.165) is 25.2 Å². The molecule has 26 heavy (non-hydrogen) atoms. The molecule has 1 heterocycles. The van der Waals surface area contributed by atoms with Crippen LogP contribution in [0.1, 0.15) is 32.8 Å². The smallest absolute Gasteiger partial charge is 0.243 e. The third-order valence-electron chi connectivity index (χ3n) is 4.72. The molecule has 148 valence electrons. The summed E-state index contributed by atoms with van der Waals surface area (Å²) in [5.74, 6) is 0.161. The molecule has 1 N–H and O–H groups in total. The van der Waals surface area contributed by atoms with Crippen LogP contribution in [0.2, 0.25) is 0 Å². The van der Waals surface area contributed by atoms with Crippen LogP contribution in [0.15, 0.2) is 29.2 Å². The standard InChI is InChI=1S/C18H29N3O3S.ClH/c1-4-20(5-2)25(23,24)17-9-6-16(7-10-17)8-11-18(22)21-13-12-19-14-15(21)3;/h6-7,9-10,15,19H,4-5,8,11-14H2,1-3H3;1H/t15-;/m0./s1. The SMILES string of the molecule is CCN(CC)S(=O)(=O)c1ccc(CCC(=O)N2CCNC[C@@H]2C)cc1.Cl. The second-order valence-corrected chi connectivity index (χ2v) is 8.31. The number of hydrogen-bond donors (Lipinski definition) is 1. The first-order valence-corrected chi connectivity index (χ1v) is 10.4. The van der Waals surface area contributed by atoms with E-state index in [4.69, 9.17) is 0 Å². The van der Waals surface area contributed by atoms with E-state index >= 15 is 0 Å². The largest absolute Gasteiger partial charge is 0.337 e. The number of rotatable bonds is 7. The minimum absolute atomic E-state index is 0. The Hall–Kier alpha value is -1.15. The first kappa shape index (κ1) is 22.9. The first-order chi connectivity index (χ1) is 11.9. The van der Waals surface area contributed by atoms with Gasteiger partial charge < -0.3 is 10.2 Å². The van der Waals surface area contributed by atoms with Gasteiger partial charge in [-0.05, 0) is 31.0 Å².